The molecule has 0 aliphatic rings. The molecule has 0 unspecified atom stereocenters. The quantitative estimate of drug-likeness (QED) is 0.697. The summed E-state index contributed by atoms with van der Waals surface area (Å²) in [7, 11) is 0. The van der Waals surface area contributed by atoms with Gasteiger partial charge in [0.25, 0.3) is 0 Å². The van der Waals surface area contributed by atoms with Crippen LogP contribution in [0.5, 0.6) is 0 Å². The fourth-order valence-corrected chi connectivity index (χ4v) is 1.20. The lowest BCUT2D eigenvalue weighted by molar-refractivity contribution is -0.142. The molecule has 0 amide bonds. The van der Waals surface area contributed by atoms with Gasteiger partial charge >= 0.3 is 5.97 Å². The molecule has 0 saturated carbocycles. The number of ether oxygens (including phenoxy) is 1. The predicted octanol–water partition coefficient (Wildman–Crippen LogP) is 1.37. The molecule has 0 atom stereocenters. The monoisotopic (exact) mass is 204 g/mol. The molecule has 15 heavy (non-hydrogen) atoms. The van der Waals surface area contributed by atoms with Gasteiger partial charge in [-0.25, -0.2) is 4.98 Å². The van der Waals surface area contributed by atoms with Crippen LogP contribution in [0.4, 0.5) is 0 Å². The fraction of sp³-hybridized carbons (Fsp3) is 0.364. The van der Waals surface area contributed by atoms with Crippen molar-refractivity contribution >= 4 is 5.97 Å². The number of nitrogens with zero attached hydrogens (tertiary/aromatic N) is 2. The number of pyridine rings is 1. The molecule has 0 bridgehead atoms. The third-order valence-electron chi connectivity index (χ3n) is 1.97. The molecule has 1 heterocycles. The highest BCUT2D eigenvalue weighted by atomic mass is 16.5. The molecule has 1 aromatic rings. The second-order valence-corrected chi connectivity index (χ2v) is 3.09. The normalized spacial score (nSPS) is 9.40. The molecule has 0 radical (unpaired) electrons. The van der Waals surface area contributed by atoms with Crippen LogP contribution in [0.25, 0.3) is 0 Å². The Hall–Kier alpha value is -1.89. The van der Waals surface area contributed by atoms with Gasteiger partial charge in [-0.05, 0) is 31.0 Å². The lowest BCUT2D eigenvalue weighted by Gasteiger charge is -2.04. The van der Waals surface area contributed by atoms with Crippen LogP contribution in [0, 0.1) is 18.3 Å². The lowest BCUT2D eigenvalue weighted by atomic mass is 10.1. The van der Waals surface area contributed by atoms with Gasteiger partial charge in [0.2, 0.25) is 0 Å². The van der Waals surface area contributed by atoms with Crippen molar-refractivity contribution in [1.29, 1.82) is 5.26 Å². The van der Waals surface area contributed by atoms with Crippen LogP contribution >= 0.6 is 0 Å². The zero-order chi connectivity index (χ0) is 11.3. The van der Waals surface area contributed by atoms with Crippen LogP contribution in [-0.4, -0.2) is 17.6 Å². The molecular weight excluding hydrogens is 192 g/mol. The van der Waals surface area contributed by atoms with E-state index in [0.717, 1.165) is 11.1 Å². The first-order chi connectivity index (χ1) is 7.17. The van der Waals surface area contributed by atoms with Crippen molar-refractivity contribution in [3.63, 3.8) is 0 Å². The average molecular weight is 204 g/mol. The third-order valence-corrected chi connectivity index (χ3v) is 1.97. The molecule has 1 rings (SSSR count). The number of aryl methyl sites for hydroxylation is 1. The van der Waals surface area contributed by atoms with Gasteiger partial charge in [0.1, 0.15) is 11.8 Å². The summed E-state index contributed by atoms with van der Waals surface area (Å²) in [6.07, 6.45) is 1.75. The Morgan fingerprint density at radius 2 is 2.40 bits per heavy atom. The topological polar surface area (TPSA) is 63.0 Å². The van der Waals surface area contributed by atoms with E-state index >= 15 is 0 Å². The number of aromatic nitrogens is 1. The van der Waals surface area contributed by atoms with Gasteiger partial charge in [-0.3, -0.25) is 4.79 Å². The van der Waals surface area contributed by atoms with E-state index in [1.807, 2.05) is 13.0 Å². The van der Waals surface area contributed by atoms with Gasteiger partial charge in [0.15, 0.2) is 0 Å². The van der Waals surface area contributed by atoms with Gasteiger partial charge < -0.3 is 4.74 Å². The van der Waals surface area contributed by atoms with Crippen LogP contribution in [-0.2, 0) is 16.0 Å². The van der Waals surface area contributed by atoms with Crippen molar-refractivity contribution in [3.05, 3.63) is 29.1 Å². The lowest BCUT2D eigenvalue weighted by Crippen LogP contribution is -2.09. The molecule has 0 aliphatic carbocycles. The summed E-state index contributed by atoms with van der Waals surface area (Å²) in [5.74, 6) is -0.271. The summed E-state index contributed by atoms with van der Waals surface area (Å²) in [6, 6.07) is 3.61. The standard InChI is InChI=1S/C11H12N2O2/c1-3-15-11(14)5-9-7-13-10(6-12)4-8(9)2/h4,7H,3,5H2,1-2H3. The number of hydrogen-bond donors (Lipinski definition) is 0. The first-order valence-electron chi connectivity index (χ1n) is 4.68. The summed E-state index contributed by atoms with van der Waals surface area (Å²) in [5.41, 5.74) is 2.04. The summed E-state index contributed by atoms with van der Waals surface area (Å²) < 4.78 is 4.83. The van der Waals surface area contributed by atoms with Crippen molar-refractivity contribution in [2.75, 3.05) is 6.61 Å². The second-order valence-electron chi connectivity index (χ2n) is 3.09. The molecule has 4 nitrogen and oxygen atoms in total. The van der Waals surface area contributed by atoms with Gasteiger partial charge in [-0.2, -0.15) is 5.26 Å². The molecule has 0 aromatic carbocycles. The van der Waals surface area contributed by atoms with E-state index in [9.17, 15) is 4.79 Å². The van der Waals surface area contributed by atoms with Crippen molar-refractivity contribution in [2.45, 2.75) is 20.3 Å². The minimum absolute atomic E-state index is 0.207. The van der Waals surface area contributed by atoms with Crippen LogP contribution < -0.4 is 0 Å². The highest BCUT2D eigenvalue weighted by Crippen LogP contribution is 2.09. The summed E-state index contributed by atoms with van der Waals surface area (Å²) in [5, 5.41) is 8.61. The van der Waals surface area contributed by atoms with Crippen molar-refractivity contribution in [2.24, 2.45) is 0 Å². The van der Waals surface area contributed by atoms with Gasteiger partial charge in [0, 0.05) is 6.20 Å². The summed E-state index contributed by atoms with van der Waals surface area (Å²) in [6.45, 7) is 3.99. The number of nitriles is 1. The van der Waals surface area contributed by atoms with E-state index < -0.39 is 0 Å². The van der Waals surface area contributed by atoms with Gasteiger partial charge in [-0.15, -0.1) is 0 Å². The minimum Gasteiger partial charge on any atom is -0.466 e. The maximum Gasteiger partial charge on any atom is 0.310 e. The largest absolute Gasteiger partial charge is 0.466 e. The van der Waals surface area contributed by atoms with E-state index in [1.54, 1.807) is 19.2 Å². The highest BCUT2D eigenvalue weighted by molar-refractivity contribution is 5.72. The Kier molecular flexibility index (Phi) is 3.81. The van der Waals surface area contributed by atoms with E-state index in [-0.39, 0.29) is 12.4 Å². The van der Waals surface area contributed by atoms with Crippen molar-refractivity contribution < 1.29 is 9.53 Å². The number of hydrogen-bond acceptors (Lipinski definition) is 4. The second kappa shape index (κ2) is 5.11. The average Bonchev–Trinajstić information content (AvgIpc) is 2.21. The van der Waals surface area contributed by atoms with E-state index in [2.05, 4.69) is 4.98 Å². The van der Waals surface area contributed by atoms with Gasteiger partial charge in [-0.1, -0.05) is 0 Å². The van der Waals surface area contributed by atoms with E-state index in [0.29, 0.717) is 12.3 Å². The maximum absolute atomic E-state index is 11.2. The number of carbonyl (C=O) groups excluding carboxylic acids is 1. The number of esters is 1. The fourth-order valence-electron chi connectivity index (χ4n) is 1.20. The SMILES string of the molecule is CCOC(=O)Cc1cnc(C#N)cc1C. The zero-order valence-electron chi connectivity index (χ0n) is 8.78. The number of carbonyl (C=O) groups is 1. The van der Waals surface area contributed by atoms with Crippen molar-refractivity contribution in [3.8, 4) is 6.07 Å². The Labute approximate surface area is 88.5 Å². The molecule has 4 heteroatoms. The maximum atomic E-state index is 11.2. The minimum atomic E-state index is -0.271. The predicted molar refractivity (Wildman–Crippen MR) is 54.0 cm³/mol. The first-order valence-corrected chi connectivity index (χ1v) is 4.68. The summed E-state index contributed by atoms with van der Waals surface area (Å²) >= 11 is 0. The van der Waals surface area contributed by atoms with E-state index in [1.165, 1.54) is 0 Å². The van der Waals surface area contributed by atoms with Crippen molar-refractivity contribution in [1.82, 2.24) is 4.98 Å². The Balaban J connectivity index is 2.79. The van der Waals surface area contributed by atoms with E-state index in [4.69, 9.17) is 10.00 Å². The summed E-state index contributed by atoms with van der Waals surface area (Å²) in [4.78, 5) is 15.1. The molecular formula is C11H12N2O2. The smallest absolute Gasteiger partial charge is 0.310 e. The molecule has 0 N–H and O–H groups in total. The van der Waals surface area contributed by atoms with Crippen LogP contribution in [0.2, 0.25) is 0 Å². The molecule has 0 spiro atoms. The molecule has 0 fully saturated rings. The van der Waals surface area contributed by atoms with Crippen LogP contribution in [0.15, 0.2) is 12.3 Å². The van der Waals surface area contributed by atoms with Crippen LogP contribution in [0.3, 0.4) is 0 Å². The first kappa shape index (κ1) is 11.2. The van der Waals surface area contributed by atoms with Gasteiger partial charge in [0.05, 0.1) is 13.0 Å². The molecule has 0 saturated heterocycles. The zero-order valence-corrected chi connectivity index (χ0v) is 8.78. The Morgan fingerprint density at radius 1 is 1.67 bits per heavy atom. The molecule has 1 aromatic heterocycles. The highest BCUT2D eigenvalue weighted by Gasteiger charge is 2.07. The Bertz CT molecular complexity index is 408. The Morgan fingerprint density at radius 3 is 2.93 bits per heavy atom. The molecule has 78 valence electrons. The van der Waals surface area contributed by atoms with Crippen LogP contribution in [0.1, 0.15) is 23.7 Å². The number of rotatable bonds is 3. The third kappa shape index (κ3) is 3.06. The molecule has 0 aliphatic heterocycles.